The van der Waals surface area contributed by atoms with Crippen molar-refractivity contribution in [3.63, 3.8) is 0 Å². The number of pyridine rings is 1. The number of aromatic nitrogens is 1. The van der Waals surface area contributed by atoms with Gasteiger partial charge in [-0.15, -0.1) is 0 Å². The fourth-order valence-electron chi connectivity index (χ4n) is 3.93. The monoisotopic (exact) mass is 273 g/mol. The number of nitrogens with zero attached hydrogens (tertiary/aromatic N) is 2. The summed E-state index contributed by atoms with van der Waals surface area (Å²) in [6.45, 7) is 6.48. The van der Waals surface area contributed by atoms with Gasteiger partial charge in [-0.1, -0.05) is 25.8 Å². The summed E-state index contributed by atoms with van der Waals surface area (Å²) in [5.41, 5.74) is 2.03. The zero-order valence-electron chi connectivity index (χ0n) is 12.7. The molecule has 1 aliphatic heterocycles. The minimum Gasteiger partial charge on any atom is -0.356 e. The Morgan fingerprint density at radius 3 is 2.65 bits per heavy atom. The molecule has 1 aliphatic carbocycles. The van der Waals surface area contributed by atoms with Crippen molar-refractivity contribution >= 4 is 5.82 Å². The molecule has 20 heavy (non-hydrogen) atoms. The first-order chi connectivity index (χ1) is 9.83. The van der Waals surface area contributed by atoms with Gasteiger partial charge in [0.1, 0.15) is 5.82 Å². The summed E-state index contributed by atoms with van der Waals surface area (Å²) in [5.74, 6) is 1.21. The van der Waals surface area contributed by atoms with Crippen LogP contribution in [0.25, 0.3) is 0 Å². The molecule has 0 amide bonds. The van der Waals surface area contributed by atoms with E-state index in [-0.39, 0.29) is 0 Å². The molecule has 0 unspecified atom stereocenters. The Kier molecular flexibility index (Phi) is 4.25. The highest BCUT2D eigenvalue weighted by atomic mass is 15.2. The Hall–Kier alpha value is -1.09. The molecule has 3 heteroatoms. The van der Waals surface area contributed by atoms with Gasteiger partial charge in [0, 0.05) is 31.4 Å². The van der Waals surface area contributed by atoms with Gasteiger partial charge in [-0.25, -0.2) is 4.98 Å². The van der Waals surface area contributed by atoms with Gasteiger partial charge >= 0.3 is 0 Å². The normalized spacial score (nSPS) is 21.6. The summed E-state index contributed by atoms with van der Waals surface area (Å²) in [6.07, 6.45) is 10.5. The Bertz CT molecular complexity index is 428. The molecule has 0 aromatic carbocycles. The third-order valence-corrected chi connectivity index (χ3v) is 5.22. The molecule has 1 saturated heterocycles. The Balaban J connectivity index is 1.68. The van der Waals surface area contributed by atoms with Crippen molar-refractivity contribution in [3.05, 3.63) is 23.9 Å². The van der Waals surface area contributed by atoms with E-state index < -0.39 is 0 Å². The van der Waals surface area contributed by atoms with E-state index >= 15 is 0 Å². The molecule has 3 nitrogen and oxygen atoms in total. The molecule has 1 saturated carbocycles. The number of rotatable bonds is 4. The summed E-state index contributed by atoms with van der Waals surface area (Å²) in [7, 11) is 0. The van der Waals surface area contributed by atoms with Crippen LogP contribution in [0.2, 0.25) is 0 Å². The molecule has 0 atom stereocenters. The summed E-state index contributed by atoms with van der Waals surface area (Å²) >= 11 is 0. The quantitative estimate of drug-likeness (QED) is 0.912. The van der Waals surface area contributed by atoms with E-state index in [4.69, 9.17) is 0 Å². The van der Waals surface area contributed by atoms with Gasteiger partial charge in [0.05, 0.1) is 0 Å². The van der Waals surface area contributed by atoms with Crippen LogP contribution in [0.5, 0.6) is 0 Å². The lowest BCUT2D eigenvalue weighted by molar-refractivity contribution is 0.226. The number of anilines is 1. The zero-order valence-corrected chi connectivity index (χ0v) is 12.7. The minimum absolute atomic E-state index is 0.688. The lowest BCUT2D eigenvalue weighted by Crippen LogP contribution is -2.39. The van der Waals surface area contributed by atoms with Gasteiger partial charge in [0.25, 0.3) is 0 Å². The van der Waals surface area contributed by atoms with Crippen molar-refractivity contribution in [2.75, 3.05) is 24.5 Å². The predicted molar refractivity (Wildman–Crippen MR) is 84.0 cm³/mol. The van der Waals surface area contributed by atoms with Crippen LogP contribution in [-0.2, 0) is 6.54 Å². The first-order valence-electron chi connectivity index (χ1n) is 8.23. The van der Waals surface area contributed by atoms with E-state index in [9.17, 15) is 0 Å². The SMILES string of the molecule is CCNCc1cccnc1N1CCC2(CCCC2)CC1. The van der Waals surface area contributed by atoms with E-state index in [1.807, 2.05) is 6.20 Å². The van der Waals surface area contributed by atoms with Gasteiger partial charge in [0.15, 0.2) is 0 Å². The molecule has 0 bridgehead atoms. The maximum Gasteiger partial charge on any atom is 0.133 e. The number of hydrogen-bond donors (Lipinski definition) is 1. The van der Waals surface area contributed by atoms with Crippen LogP contribution in [-0.4, -0.2) is 24.6 Å². The number of hydrogen-bond acceptors (Lipinski definition) is 3. The first kappa shape index (κ1) is 13.9. The summed E-state index contributed by atoms with van der Waals surface area (Å²) in [6, 6.07) is 4.27. The summed E-state index contributed by atoms with van der Waals surface area (Å²) in [4.78, 5) is 7.17. The molecule has 3 rings (SSSR count). The van der Waals surface area contributed by atoms with Crippen LogP contribution in [0.3, 0.4) is 0 Å². The van der Waals surface area contributed by atoms with Crippen molar-refractivity contribution < 1.29 is 0 Å². The molecular weight excluding hydrogens is 246 g/mol. The summed E-state index contributed by atoms with van der Waals surface area (Å²) in [5, 5.41) is 3.43. The highest BCUT2D eigenvalue weighted by Crippen LogP contribution is 2.46. The van der Waals surface area contributed by atoms with E-state index in [1.54, 1.807) is 0 Å². The van der Waals surface area contributed by atoms with Crippen molar-refractivity contribution in [3.8, 4) is 0 Å². The topological polar surface area (TPSA) is 28.2 Å². The minimum atomic E-state index is 0.688. The molecule has 2 fully saturated rings. The lowest BCUT2D eigenvalue weighted by atomic mass is 9.77. The largest absolute Gasteiger partial charge is 0.356 e. The van der Waals surface area contributed by atoms with Gasteiger partial charge in [-0.3, -0.25) is 0 Å². The smallest absolute Gasteiger partial charge is 0.133 e. The molecular formula is C17H27N3. The number of nitrogens with one attached hydrogen (secondary N) is 1. The average Bonchev–Trinajstić information content (AvgIpc) is 2.95. The van der Waals surface area contributed by atoms with Gasteiger partial charge in [-0.2, -0.15) is 0 Å². The van der Waals surface area contributed by atoms with Crippen molar-refractivity contribution in [2.45, 2.75) is 52.0 Å². The second kappa shape index (κ2) is 6.13. The van der Waals surface area contributed by atoms with Crippen LogP contribution < -0.4 is 10.2 Å². The van der Waals surface area contributed by atoms with Crippen LogP contribution >= 0.6 is 0 Å². The summed E-state index contributed by atoms with van der Waals surface area (Å²) < 4.78 is 0. The van der Waals surface area contributed by atoms with Gasteiger partial charge < -0.3 is 10.2 Å². The average molecular weight is 273 g/mol. The molecule has 110 valence electrons. The van der Waals surface area contributed by atoms with E-state index in [1.165, 1.54) is 63.0 Å². The van der Waals surface area contributed by atoms with Crippen LogP contribution in [0.15, 0.2) is 18.3 Å². The van der Waals surface area contributed by atoms with Gasteiger partial charge in [-0.05, 0) is 43.7 Å². The fourth-order valence-corrected chi connectivity index (χ4v) is 3.93. The van der Waals surface area contributed by atoms with Crippen LogP contribution in [0.4, 0.5) is 5.82 Å². The van der Waals surface area contributed by atoms with E-state index in [0.717, 1.165) is 13.1 Å². The maximum atomic E-state index is 4.66. The standard InChI is InChI=1S/C17H27N3/c1-2-18-14-15-6-5-11-19-16(15)20-12-9-17(10-13-20)7-3-4-8-17/h5-6,11,18H,2-4,7-10,12-14H2,1H3. The highest BCUT2D eigenvalue weighted by molar-refractivity contribution is 5.47. The third kappa shape index (κ3) is 2.83. The van der Waals surface area contributed by atoms with Crippen LogP contribution in [0, 0.1) is 5.41 Å². The van der Waals surface area contributed by atoms with Crippen molar-refractivity contribution in [1.29, 1.82) is 0 Å². The predicted octanol–water partition coefficient (Wildman–Crippen LogP) is 3.35. The molecule has 2 aliphatic rings. The lowest BCUT2D eigenvalue weighted by Gasteiger charge is -2.40. The van der Waals surface area contributed by atoms with Crippen molar-refractivity contribution in [1.82, 2.24) is 10.3 Å². The number of piperidine rings is 1. The zero-order chi connectivity index (χ0) is 13.8. The molecule has 1 N–H and O–H groups in total. The highest BCUT2D eigenvalue weighted by Gasteiger charge is 2.37. The Morgan fingerprint density at radius 1 is 1.20 bits per heavy atom. The fraction of sp³-hybridized carbons (Fsp3) is 0.706. The molecule has 1 aromatic rings. The third-order valence-electron chi connectivity index (χ3n) is 5.22. The van der Waals surface area contributed by atoms with E-state index in [2.05, 4.69) is 34.3 Å². The van der Waals surface area contributed by atoms with E-state index in [0.29, 0.717) is 5.41 Å². The maximum absolute atomic E-state index is 4.66. The molecule has 1 spiro atoms. The molecule has 2 heterocycles. The van der Waals surface area contributed by atoms with Crippen LogP contribution in [0.1, 0.15) is 51.0 Å². The Labute approximate surface area is 122 Å². The second-order valence-corrected chi connectivity index (χ2v) is 6.46. The molecule has 0 radical (unpaired) electrons. The second-order valence-electron chi connectivity index (χ2n) is 6.46. The first-order valence-corrected chi connectivity index (χ1v) is 8.23. The Morgan fingerprint density at radius 2 is 1.95 bits per heavy atom. The molecule has 1 aromatic heterocycles. The van der Waals surface area contributed by atoms with Crippen molar-refractivity contribution in [2.24, 2.45) is 5.41 Å². The van der Waals surface area contributed by atoms with Gasteiger partial charge in [0.2, 0.25) is 0 Å².